The van der Waals surface area contributed by atoms with Crippen LogP contribution >= 0.6 is 0 Å². The Morgan fingerprint density at radius 2 is 1.74 bits per heavy atom. The summed E-state index contributed by atoms with van der Waals surface area (Å²) < 4.78 is 5.60. The van der Waals surface area contributed by atoms with Gasteiger partial charge in [0.25, 0.3) is 0 Å². The molecule has 4 nitrogen and oxygen atoms in total. The maximum absolute atomic E-state index is 10.5. The third-order valence-electron chi connectivity index (χ3n) is 2.69. The fourth-order valence-corrected chi connectivity index (χ4v) is 1.71. The number of aliphatic carboxylic acids is 1. The second kappa shape index (κ2) is 6.54. The van der Waals surface area contributed by atoms with Crippen molar-refractivity contribution >= 4 is 5.97 Å². The Hall–Kier alpha value is -2.36. The molecule has 0 amide bonds. The molecule has 1 aromatic carbocycles. The van der Waals surface area contributed by atoms with Crippen LogP contribution in [0, 0.1) is 0 Å². The van der Waals surface area contributed by atoms with Crippen LogP contribution in [0.1, 0.15) is 11.1 Å². The molecule has 0 bridgehead atoms. The number of rotatable bonds is 6. The standard InChI is InChI=1S/C15H15NO3/c17-15(18)11-13-1-3-14(4-2-13)19-10-7-12-5-8-16-9-6-12/h1-6,8-9H,7,10-11H2,(H,17,18). The number of hydrogen-bond acceptors (Lipinski definition) is 3. The summed E-state index contributed by atoms with van der Waals surface area (Å²) in [5, 5.41) is 8.67. The summed E-state index contributed by atoms with van der Waals surface area (Å²) in [6.45, 7) is 0.586. The van der Waals surface area contributed by atoms with Gasteiger partial charge in [-0.2, -0.15) is 0 Å². The highest BCUT2D eigenvalue weighted by molar-refractivity contribution is 5.70. The first-order valence-corrected chi connectivity index (χ1v) is 6.06. The van der Waals surface area contributed by atoms with E-state index < -0.39 is 5.97 Å². The zero-order valence-corrected chi connectivity index (χ0v) is 10.5. The average Bonchev–Trinajstić information content (AvgIpc) is 2.41. The predicted octanol–water partition coefficient (Wildman–Crippen LogP) is 2.33. The molecule has 4 heteroatoms. The maximum atomic E-state index is 10.5. The minimum Gasteiger partial charge on any atom is -0.493 e. The Morgan fingerprint density at radius 3 is 2.37 bits per heavy atom. The van der Waals surface area contributed by atoms with Crippen molar-refractivity contribution in [2.75, 3.05) is 6.61 Å². The second-order valence-corrected chi connectivity index (χ2v) is 4.17. The molecule has 19 heavy (non-hydrogen) atoms. The molecule has 0 saturated carbocycles. The van der Waals surface area contributed by atoms with Gasteiger partial charge in [-0.25, -0.2) is 0 Å². The quantitative estimate of drug-likeness (QED) is 0.862. The third-order valence-corrected chi connectivity index (χ3v) is 2.69. The molecule has 0 spiro atoms. The first kappa shape index (κ1) is 13.1. The van der Waals surface area contributed by atoms with Gasteiger partial charge in [0, 0.05) is 18.8 Å². The summed E-state index contributed by atoms with van der Waals surface area (Å²) in [7, 11) is 0. The van der Waals surface area contributed by atoms with E-state index in [2.05, 4.69) is 4.98 Å². The van der Waals surface area contributed by atoms with Crippen molar-refractivity contribution in [1.82, 2.24) is 4.98 Å². The number of pyridine rings is 1. The smallest absolute Gasteiger partial charge is 0.307 e. The van der Waals surface area contributed by atoms with Crippen molar-refractivity contribution in [1.29, 1.82) is 0 Å². The van der Waals surface area contributed by atoms with Gasteiger partial charge in [-0.05, 0) is 35.4 Å². The Balaban J connectivity index is 1.81. The third kappa shape index (κ3) is 4.43. The Morgan fingerprint density at radius 1 is 1.05 bits per heavy atom. The normalized spacial score (nSPS) is 10.1. The van der Waals surface area contributed by atoms with Crippen LogP contribution < -0.4 is 4.74 Å². The van der Waals surface area contributed by atoms with Crippen LogP contribution in [-0.4, -0.2) is 22.7 Å². The van der Waals surface area contributed by atoms with E-state index in [0.717, 1.165) is 17.7 Å². The first-order chi connectivity index (χ1) is 9.24. The van der Waals surface area contributed by atoms with Gasteiger partial charge in [0.05, 0.1) is 13.0 Å². The Bertz CT molecular complexity index is 523. The van der Waals surface area contributed by atoms with E-state index in [1.807, 2.05) is 12.1 Å². The molecule has 0 saturated heterocycles. The summed E-state index contributed by atoms with van der Waals surface area (Å²) >= 11 is 0. The van der Waals surface area contributed by atoms with Crippen LogP contribution in [0.4, 0.5) is 0 Å². The molecular weight excluding hydrogens is 242 g/mol. The molecule has 1 N–H and O–H groups in total. The fraction of sp³-hybridized carbons (Fsp3) is 0.200. The van der Waals surface area contributed by atoms with Crippen molar-refractivity contribution in [3.8, 4) is 5.75 Å². The molecular formula is C15H15NO3. The van der Waals surface area contributed by atoms with E-state index in [4.69, 9.17) is 9.84 Å². The molecule has 2 rings (SSSR count). The topological polar surface area (TPSA) is 59.4 Å². The van der Waals surface area contributed by atoms with Gasteiger partial charge in [-0.15, -0.1) is 0 Å². The van der Waals surface area contributed by atoms with Gasteiger partial charge in [-0.3, -0.25) is 9.78 Å². The number of nitrogens with zero attached hydrogens (tertiary/aromatic N) is 1. The molecule has 0 fully saturated rings. The van der Waals surface area contributed by atoms with E-state index in [-0.39, 0.29) is 6.42 Å². The lowest BCUT2D eigenvalue weighted by Gasteiger charge is -2.06. The zero-order chi connectivity index (χ0) is 13.5. The van der Waals surface area contributed by atoms with Gasteiger partial charge in [-0.1, -0.05) is 12.1 Å². The molecule has 1 aromatic heterocycles. The minimum absolute atomic E-state index is 0.0390. The number of carbonyl (C=O) groups is 1. The lowest BCUT2D eigenvalue weighted by Crippen LogP contribution is -2.02. The van der Waals surface area contributed by atoms with Gasteiger partial charge >= 0.3 is 5.97 Å². The summed E-state index contributed by atoms with van der Waals surface area (Å²) in [6.07, 6.45) is 4.38. The highest BCUT2D eigenvalue weighted by atomic mass is 16.5. The van der Waals surface area contributed by atoms with Gasteiger partial charge in [0.1, 0.15) is 5.75 Å². The summed E-state index contributed by atoms with van der Waals surface area (Å²) in [5.74, 6) is -0.0745. The molecule has 1 heterocycles. The minimum atomic E-state index is -0.827. The number of benzene rings is 1. The van der Waals surface area contributed by atoms with Crippen molar-refractivity contribution in [2.24, 2.45) is 0 Å². The molecule has 2 aromatic rings. The number of carboxylic acids is 1. The molecule has 0 atom stereocenters. The van der Waals surface area contributed by atoms with Gasteiger partial charge < -0.3 is 9.84 Å². The van der Waals surface area contributed by atoms with E-state index in [1.54, 1.807) is 36.7 Å². The number of hydrogen-bond donors (Lipinski definition) is 1. The lowest BCUT2D eigenvalue weighted by atomic mass is 10.1. The fourth-order valence-electron chi connectivity index (χ4n) is 1.71. The highest BCUT2D eigenvalue weighted by Gasteiger charge is 2.01. The van der Waals surface area contributed by atoms with E-state index in [1.165, 1.54) is 5.56 Å². The monoisotopic (exact) mass is 257 g/mol. The zero-order valence-electron chi connectivity index (χ0n) is 10.5. The van der Waals surface area contributed by atoms with E-state index >= 15 is 0 Å². The van der Waals surface area contributed by atoms with Crippen LogP contribution in [-0.2, 0) is 17.6 Å². The van der Waals surface area contributed by atoms with Crippen LogP contribution in [0.3, 0.4) is 0 Å². The Labute approximate surface area is 111 Å². The van der Waals surface area contributed by atoms with Crippen molar-refractivity contribution in [3.05, 3.63) is 59.9 Å². The van der Waals surface area contributed by atoms with Crippen molar-refractivity contribution < 1.29 is 14.6 Å². The van der Waals surface area contributed by atoms with Gasteiger partial charge in [0.15, 0.2) is 0 Å². The van der Waals surface area contributed by atoms with Crippen molar-refractivity contribution in [3.63, 3.8) is 0 Å². The van der Waals surface area contributed by atoms with Crippen LogP contribution in [0.5, 0.6) is 5.75 Å². The Kier molecular flexibility index (Phi) is 4.50. The van der Waals surface area contributed by atoms with Gasteiger partial charge in [0.2, 0.25) is 0 Å². The molecule has 0 radical (unpaired) electrons. The largest absolute Gasteiger partial charge is 0.493 e. The average molecular weight is 257 g/mol. The maximum Gasteiger partial charge on any atom is 0.307 e. The molecule has 0 unspecified atom stereocenters. The molecule has 0 aliphatic rings. The van der Waals surface area contributed by atoms with E-state index in [9.17, 15) is 4.79 Å². The van der Waals surface area contributed by atoms with Crippen molar-refractivity contribution in [2.45, 2.75) is 12.8 Å². The summed E-state index contributed by atoms with van der Waals surface area (Å²) in [4.78, 5) is 14.5. The van der Waals surface area contributed by atoms with Crippen LogP contribution in [0.25, 0.3) is 0 Å². The summed E-state index contributed by atoms with van der Waals surface area (Å²) in [6, 6.07) is 11.1. The second-order valence-electron chi connectivity index (χ2n) is 4.17. The number of ether oxygens (including phenoxy) is 1. The van der Waals surface area contributed by atoms with E-state index in [0.29, 0.717) is 6.61 Å². The first-order valence-electron chi connectivity index (χ1n) is 6.06. The molecule has 0 aliphatic heterocycles. The highest BCUT2D eigenvalue weighted by Crippen LogP contribution is 2.13. The molecule has 0 aliphatic carbocycles. The predicted molar refractivity (Wildman–Crippen MR) is 71.2 cm³/mol. The SMILES string of the molecule is O=C(O)Cc1ccc(OCCc2ccncc2)cc1. The summed E-state index contributed by atoms with van der Waals surface area (Å²) in [5.41, 5.74) is 1.95. The lowest BCUT2D eigenvalue weighted by molar-refractivity contribution is -0.136. The number of carboxylic acid groups (broad SMARTS) is 1. The molecule has 98 valence electrons. The van der Waals surface area contributed by atoms with Crippen LogP contribution in [0.15, 0.2) is 48.8 Å². The van der Waals surface area contributed by atoms with Crippen LogP contribution in [0.2, 0.25) is 0 Å². The number of aromatic nitrogens is 1.